The van der Waals surface area contributed by atoms with E-state index in [-0.39, 0.29) is 0 Å². The van der Waals surface area contributed by atoms with Gasteiger partial charge in [0.25, 0.3) is 9.12 Å². The first-order valence-corrected chi connectivity index (χ1v) is 0.913. The van der Waals surface area contributed by atoms with E-state index in [9.17, 15) is 0 Å². The van der Waals surface area contributed by atoms with Crippen LogP contribution in [0.3, 0.4) is 0 Å². The zero-order valence-electron chi connectivity index (χ0n) is 2.16. The van der Waals surface area contributed by atoms with Crippen LogP contribution in [-0.4, -0.2) is 10.5 Å². The Hall–Kier alpha value is -0.0200. The van der Waals surface area contributed by atoms with Crippen LogP contribution >= 0.6 is 9.12 Å². The molecule has 0 spiro atoms. The lowest BCUT2D eigenvalue weighted by Crippen LogP contribution is -1.60. The molecule has 0 atom stereocenters. The van der Waals surface area contributed by atoms with Crippen LogP contribution < -0.4 is 0 Å². The van der Waals surface area contributed by atoms with E-state index in [4.69, 9.17) is 15.1 Å². The van der Waals surface area contributed by atoms with Crippen LogP contribution in [0, 0.1) is 0 Å². The molecule has 5 heteroatoms. The van der Waals surface area contributed by atoms with Crippen molar-refractivity contribution >= 4 is 9.12 Å². The highest BCUT2D eigenvalue weighted by molar-refractivity contribution is 7.00. The molecule has 0 aliphatic heterocycles. The van der Waals surface area contributed by atoms with E-state index in [1.807, 2.05) is 0 Å². The Morgan fingerprint density at radius 2 is 1.40 bits per heavy atom. The summed E-state index contributed by atoms with van der Waals surface area (Å²) in [6.07, 6.45) is 0. The summed E-state index contributed by atoms with van der Waals surface area (Å²) in [5, 5.41) is 15.5. The Morgan fingerprint density at radius 1 is 1.40 bits per heavy atom. The second kappa shape index (κ2) is 36.8. The summed E-state index contributed by atoms with van der Waals surface area (Å²) in [5.41, 5.74) is 0. The van der Waals surface area contributed by atoms with Crippen molar-refractivity contribution in [1.82, 2.24) is 0 Å². The number of hydrogen-bond acceptors (Lipinski definition) is 4. The van der Waals surface area contributed by atoms with E-state index >= 15 is 0 Å². The van der Waals surface area contributed by atoms with E-state index in [0.717, 1.165) is 0 Å². The Labute approximate surface area is 30.5 Å². The molecule has 0 aliphatic rings. The zero-order valence-corrected chi connectivity index (χ0v) is 3.05. The van der Waals surface area contributed by atoms with Crippen LogP contribution in [0.2, 0.25) is 0 Å². The molecule has 0 saturated heterocycles. The monoisotopic (exact) mass is 97.0 g/mol. The van der Waals surface area contributed by atoms with Crippen LogP contribution in [0.4, 0.5) is 0 Å². The Morgan fingerprint density at radius 3 is 1.40 bits per heavy atom. The van der Waals surface area contributed by atoms with Crippen molar-refractivity contribution in [3.8, 4) is 0 Å². The Bertz CT molecular complexity index is 7.61. The van der Waals surface area contributed by atoms with Crippen molar-refractivity contribution in [3.63, 3.8) is 0 Å². The second-order valence-corrected chi connectivity index (χ2v) is 0.0816. The fourth-order valence-corrected chi connectivity index (χ4v) is 0. The lowest BCUT2D eigenvalue weighted by Gasteiger charge is -1.56. The maximum atomic E-state index is 7.94. The maximum Gasteiger partial charge on any atom is 0.261 e. The second-order valence-electron chi connectivity index (χ2n) is 0.0816. The normalized spacial score (nSPS) is 4.40. The first-order valence-electron chi connectivity index (χ1n) is 0.548. The highest BCUT2D eigenvalue weighted by atomic mass is 31.0. The molecule has 0 amide bonds. The minimum absolute atomic E-state index is 2.25. The van der Waals surface area contributed by atoms with Crippen LogP contribution in [-0.2, 0) is 9.60 Å². The van der Waals surface area contributed by atoms with Crippen molar-refractivity contribution in [2.45, 2.75) is 0 Å². The molecule has 0 fully saturated rings. The number of hydrogen-bond donors (Lipinski definition) is 2. The summed E-state index contributed by atoms with van der Waals surface area (Å²) >= 11 is 0. The highest BCUT2D eigenvalue weighted by Crippen LogP contribution is 1.24. The fraction of sp³-hybridized carbons (Fsp3) is 0. The third kappa shape index (κ3) is 39000. The van der Waals surface area contributed by atoms with Crippen LogP contribution in [0.15, 0.2) is 0 Å². The topological polar surface area (TPSA) is 66.8 Å². The molecule has 1 radical (unpaired) electrons. The van der Waals surface area contributed by atoms with E-state index < -0.39 is 0 Å². The molecule has 0 aromatic heterocycles. The lowest BCUT2D eigenvalue weighted by molar-refractivity contribution is -0.465. The van der Waals surface area contributed by atoms with Crippen molar-refractivity contribution < 1.29 is 20.1 Å². The van der Waals surface area contributed by atoms with E-state index in [1.54, 1.807) is 0 Å². The molecule has 0 aliphatic carbocycles. The molecule has 5 heavy (non-hydrogen) atoms. The molecule has 0 aromatic carbocycles. The van der Waals surface area contributed by atoms with Crippen molar-refractivity contribution in [2.24, 2.45) is 0 Å². The van der Waals surface area contributed by atoms with Crippen LogP contribution in [0.5, 0.6) is 0 Å². The average molecular weight is 97.0 g/mol. The molecular weight excluding hydrogens is 95.0 g/mol. The van der Waals surface area contributed by atoms with Gasteiger partial charge in [0.1, 0.15) is 0 Å². The predicted molar refractivity (Wildman–Crippen MR) is 13.9 cm³/mol. The Balaban J connectivity index is 0. The van der Waals surface area contributed by atoms with Gasteiger partial charge in [-0.1, -0.05) is 5.04 Å². The van der Waals surface area contributed by atoms with E-state index in [1.165, 1.54) is 0 Å². The van der Waals surface area contributed by atoms with E-state index in [0.29, 0.717) is 0 Å². The minimum atomic E-state index is 2.25. The van der Waals surface area contributed by atoms with Crippen molar-refractivity contribution in [1.29, 1.82) is 0 Å². The van der Waals surface area contributed by atoms with Gasteiger partial charge in [-0.05, 0) is 0 Å². The van der Waals surface area contributed by atoms with Gasteiger partial charge in [0, 0.05) is 0 Å². The Kier molecular flexibility index (Phi) is 65.4. The fourth-order valence-electron chi connectivity index (χ4n) is 0. The summed E-state index contributed by atoms with van der Waals surface area (Å²) in [4.78, 5) is 0. The zero-order chi connectivity index (χ0) is 4.71. The van der Waals surface area contributed by atoms with Gasteiger partial charge in [0.15, 0.2) is 0 Å². The SMILES string of the molecule is O=[P].OOO. The maximum absolute atomic E-state index is 7.94. The molecule has 0 heterocycles. The highest BCUT2D eigenvalue weighted by Gasteiger charge is 1.27. The van der Waals surface area contributed by atoms with Crippen LogP contribution in [0.25, 0.3) is 0 Å². The summed E-state index contributed by atoms with van der Waals surface area (Å²) in [6, 6.07) is 0. The summed E-state index contributed by atoms with van der Waals surface area (Å²) in [6.45, 7) is 0. The standard InChI is InChI=1S/H2O3.OP/c1-3-2;1-2/h1-2H;. The van der Waals surface area contributed by atoms with Gasteiger partial charge in [-0.3, -0.25) is 4.57 Å². The third-order valence-corrected chi connectivity index (χ3v) is 0. The first kappa shape index (κ1) is 8.88. The molecular formula is H2O4P. The molecule has 0 unspecified atom stereocenters. The van der Waals surface area contributed by atoms with Gasteiger partial charge in [0.2, 0.25) is 0 Å². The van der Waals surface area contributed by atoms with Crippen LogP contribution in [0.1, 0.15) is 0 Å². The molecule has 31 valence electrons. The molecule has 0 aromatic rings. The quantitative estimate of drug-likeness (QED) is 0.265. The largest absolute Gasteiger partial charge is 0.261 e. The van der Waals surface area contributed by atoms with Gasteiger partial charge in [-0.25, -0.2) is 10.5 Å². The molecule has 0 rings (SSSR count). The summed E-state index contributed by atoms with van der Waals surface area (Å²) in [7, 11) is 2.28. The first-order chi connectivity index (χ1) is 2.41. The molecule has 0 saturated carbocycles. The lowest BCUT2D eigenvalue weighted by atomic mass is 14.6. The third-order valence-electron chi connectivity index (χ3n) is 0. The van der Waals surface area contributed by atoms with Gasteiger partial charge >= 0.3 is 0 Å². The summed E-state index contributed by atoms with van der Waals surface area (Å²) < 4.78 is 7.94. The molecule has 2 N–H and O–H groups in total. The molecule has 4 nitrogen and oxygen atoms in total. The van der Waals surface area contributed by atoms with Gasteiger partial charge in [-0.15, -0.1) is 0 Å². The minimum Gasteiger partial charge on any atom is -0.261 e. The average Bonchev–Trinajstić information content (AvgIpc) is 1.46. The smallest absolute Gasteiger partial charge is 0.261 e. The van der Waals surface area contributed by atoms with Gasteiger partial charge < -0.3 is 0 Å². The van der Waals surface area contributed by atoms with Crippen molar-refractivity contribution in [3.05, 3.63) is 0 Å². The van der Waals surface area contributed by atoms with E-state index in [2.05, 4.69) is 14.2 Å². The predicted octanol–water partition coefficient (Wildman–Crippen LogP) is 0.691. The molecule has 0 bridgehead atoms. The van der Waals surface area contributed by atoms with Crippen molar-refractivity contribution in [2.75, 3.05) is 0 Å². The van der Waals surface area contributed by atoms with Gasteiger partial charge in [-0.2, -0.15) is 0 Å². The number of rotatable bonds is 0. The van der Waals surface area contributed by atoms with Gasteiger partial charge in [0.05, 0.1) is 0 Å². The summed E-state index contributed by atoms with van der Waals surface area (Å²) in [5.74, 6) is 0.